The van der Waals surface area contributed by atoms with E-state index >= 15 is 0 Å². The Morgan fingerprint density at radius 1 is 1.08 bits per heavy atom. The van der Waals surface area contributed by atoms with Crippen LogP contribution in [0.3, 0.4) is 0 Å². The Labute approximate surface area is 166 Å². The van der Waals surface area contributed by atoms with E-state index in [0.717, 1.165) is 12.5 Å². The van der Waals surface area contributed by atoms with Crippen LogP contribution in [0.15, 0.2) is 4.99 Å². The van der Waals surface area contributed by atoms with E-state index in [0.29, 0.717) is 5.41 Å². The highest BCUT2D eigenvalue weighted by Crippen LogP contribution is 2.43. The molecule has 24 heavy (non-hydrogen) atoms. The van der Waals surface area contributed by atoms with Gasteiger partial charge in [0.1, 0.15) is 0 Å². The van der Waals surface area contributed by atoms with E-state index in [1.165, 1.54) is 84.1 Å². The fraction of sp³-hybridized carbons (Fsp3) is 0.947. The molecule has 4 nitrogen and oxygen atoms in total. The summed E-state index contributed by atoms with van der Waals surface area (Å²) in [7, 11) is 1.93. The van der Waals surface area contributed by atoms with Crippen molar-refractivity contribution in [2.24, 2.45) is 10.4 Å². The molecule has 0 atom stereocenters. The van der Waals surface area contributed by atoms with Crippen molar-refractivity contribution in [3.8, 4) is 0 Å². The number of aliphatic imine (C=N–C) groups is 1. The standard InChI is InChI=1S/C19H38N4.HI/c1-4-22(5-2)15-10-9-14-21-18(20-3)23-16-13-19(17-23)11-7-6-8-12-19;/h4-17H2,1-3H3,(H,20,21);1H. The third-order valence-corrected chi connectivity index (χ3v) is 5.94. The minimum atomic E-state index is 0. The van der Waals surface area contributed by atoms with Crippen LogP contribution in [-0.4, -0.2) is 62.1 Å². The monoisotopic (exact) mass is 450 g/mol. The molecule has 0 aromatic heterocycles. The third kappa shape index (κ3) is 6.36. The number of guanidine groups is 1. The van der Waals surface area contributed by atoms with Crippen LogP contribution in [0.2, 0.25) is 0 Å². The van der Waals surface area contributed by atoms with Crippen molar-refractivity contribution in [2.45, 2.75) is 65.2 Å². The summed E-state index contributed by atoms with van der Waals surface area (Å²) in [6, 6.07) is 0. The van der Waals surface area contributed by atoms with Gasteiger partial charge >= 0.3 is 0 Å². The smallest absolute Gasteiger partial charge is 0.193 e. The van der Waals surface area contributed by atoms with Gasteiger partial charge in [0.05, 0.1) is 0 Å². The van der Waals surface area contributed by atoms with Gasteiger partial charge < -0.3 is 15.1 Å². The van der Waals surface area contributed by atoms with E-state index in [1.54, 1.807) is 0 Å². The summed E-state index contributed by atoms with van der Waals surface area (Å²) in [5.41, 5.74) is 0.610. The minimum Gasteiger partial charge on any atom is -0.356 e. The minimum absolute atomic E-state index is 0. The zero-order chi connectivity index (χ0) is 16.5. The van der Waals surface area contributed by atoms with Gasteiger partial charge in [-0.2, -0.15) is 0 Å². The van der Waals surface area contributed by atoms with Crippen LogP contribution in [-0.2, 0) is 0 Å². The molecular weight excluding hydrogens is 411 g/mol. The number of nitrogens with zero attached hydrogens (tertiary/aromatic N) is 3. The Bertz CT molecular complexity index is 362. The van der Waals surface area contributed by atoms with Gasteiger partial charge in [0.25, 0.3) is 0 Å². The molecule has 1 spiro atoms. The van der Waals surface area contributed by atoms with E-state index in [1.807, 2.05) is 7.05 Å². The van der Waals surface area contributed by atoms with Gasteiger partial charge in [-0.3, -0.25) is 4.99 Å². The van der Waals surface area contributed by atoms with Crippen molar-refractivity contribution in [1.82, 2.24) is 15.1 Å². The Kier molecular flexibility index (Phi) is 10.6. The lowest BCUT2D eigenvalue weighted by molar-refractivity contribution is 0.203. The average Bonchev–Trinajstić information content (AvgIpc) is 2.98. The fourth-order valence-electron chi connectivity index (χ4n) is 4.36. The van der Waals surface area contributed by atoms with Crippen molar-refractivity contribution in [2.75, 3.05) is 46.3 Å². The molecule has 142 valence electrons. The van der Waals surface area contributed by atoms with E-state index in [2.05, 4.69) is 34.0 Å². The maximum atomic E-state index is 4.53. The van der Waals surface area contributed by atoms with Crippen LogP contribution < -0.4 is 5.32 Å². The second-order valence-corrected chi connectivity index (χ2v) is 7.44. The highest BCUT2D eigenvalue weighted by atomic mass is 127. The summed E-state index contributed by atoms with van der Waals surface area (Å²) in [4.78, 5) is 9.55. The lowest BCUT2D eigenvalue weighted by Gasteiger charge is -2.33. The van der Waals surface area contributed by atoms with Gasteiger partial charge in [-0.05, 0) is 57.2 Å². The molecule has 0 amide bonds. The second-order valence-electron chi connectivity index (χ2n) is 7.44. The first-order chi connectivity index (χ1) is 11.2. The molecule has 0 unspecified atom stereocenters. The zero-order valence-electron chi connectivity index (χ0n) is 16.1. The van der Waals surface area contributed by atoms with Crippen LogP contribution in [0, 0.1) is 5.41 Å². The third-order valence-electron chi connectivity index (χ3n) is 5.94. The molecule has 5 heteroatoms. The quantitative estimate of drug-likeness (QED) is 0.276. The zero-order valence-corrected chi connectivity index (χ0v) is 18.5. The van der Waals surface area contributed by atoms with E-state index in [-0.39, 0.29) is 24.0 Å². The molecule has 1 saturated carbocycles. The summed E-state index contributed by atoms with van der Waals surface area (Å²) in [6.07, 6.45) is 11.1. The molecule has 2 aliphatic rings. The summed E-state index contributed by atoms with van der Waals surface area (Å²) >= 11 is 0. The number of hydrogen-bond donors (Lipinski definition) is 1. The second kappa shape index (κ2) is 11.6. The molecule has 1 saturated heterocycles. The molecule has 0 aromatic rings. The van der Waals surface area contributed by atoms with Crippen molar-refractivity contribution in [3.63, 3.8) is 0 Å². The summed E-state index contributed by atoms with van der Waals surface area (Å²) in [5, 5.41) is 3.60. The Morgan fingerprint density at radius 3 is 2.42 bits per heavy atom. The van der Waals surface area contributed by atoms with Gasteiger partial charge in [-0.15, -0.1) is 24.0 Å². The summed E-state index contributed by atoms with van der Waals surface area (Å²) in [5.74, 6) is 1.13. The number of halogens is 1. The topological polar surface area (TPSA) is 30.9 Å². The van der Waals surface area contributed by atoms with Gasteiger partial charge in [0.15, 0.2) is 5.96 Å². The normalized spacial score (nSPS) is 20.5. The molecule has 0 aromatic carbocycles. The average molecular weight is 450 g/mol. The number of rotatable bonds is 7. The Hall–Kier alpha value is -0.0400. The van der Waals surface area contributed by atoms with E-state index < -0.39 is 0 Å². The molecule has 0 bridgehead atoms. The number of likely N-dealkylation sites (tertiary alicyclic amines) is 1. The lowest BCUT2D eigenvalue weighted by atomic mass is 9.73. The molecule has 2 rings (SSSR count). The molecule has 2 fully saturated rings. The summed E-state index contributed by atoms with van der Waals surface area (Å²) < 4.78 is 0. The highest BCUT2D eigenvalue weighted by Gasteiger charge is 2.39. The van der Waals surface area contributed by atoms with Gasteiger partial charge in [0, 0.05) is 26.7 Å². The SMILES string of the molecule is CCN(CC)CCCCNC(=NC)N1CCC2(CCCCC2)C1.I. The molecule has 1 N–H and O–H groups in total. The molecular formula is C19H39IN4. The Morgan fingerprint density at radius 2 is 1.79 bits per heavy atom. The van der Waals surface area contributed by atoms with Crippen molar-refractivity contribution < 1.29 is 0 Å². The van der Waals surface area contributed by atoms with Gasteiger partial charge in [-0.25, -0.2) is 0 Å². The summed E-state index contributed by atoms with van der Waals surface area (Å²) in [6.45, 7) is 11.5. The van der Waals surface area contributed by atoms with E-state index in [9.17, 15) is 0 Å². The van der Waals surface area contributed by atoms with Crippen molar-refractivity contribution >= 4 is 29.9 Å². The maximum absolute atomic E-state index is 4.53. The maximum Gasteiger partial charge on any atom is 0.193 e. The van der Waals surface area contributed by atoms with Crippen molar-refractivity contribution in [3.05, 3.63) is 0 Å². The van der Waals surface area contributed by atoms with Crippen LogP contribution in [0.1, 0.15) is 65.2 Å². The highest BCUT2D eigenvalue weighted by molar-refractivity contribution is 14.0. The number of nitrogens with one attached hydrogen (secondary N) is 1. The van der Waals surface area contributed by atoms with E-state index in [4.69, 9.17) is 0 Å². The first kappa shape index (κ1) is 22.0. The van der Waals surface area contributed by atoms with Crippen LogP contribution in [0.5, 0.6) is 0 Å². The van der Waals surface area contributed by atoms with Gasteiger partial charge in [-0.1, -0.05) is 33.1 Å². The van der Waals surface area contributed by atoms with Crippen molar-refractivity contribution in [1.29, 1.82) is 0 Å². The predicted octanol–water partition coefficient (Wildman–Crippen LogP) is 3.96. The lowest BCUT2D eigenvalue weighted by Crippen LogP contribution is -2.42. The molecule has 1 aliphatic heterocycles. The molecule has 1 aliphatic carbocycles. The molecule has 1 heterocycles. The first-order valence-electron chi connectivity index (χ1n) is 9.91. The Balaban J connectivity index is 0.00000288. The van der Waals surface area contributed by atoms with Gasteiger partial charge in [0.2, 0.25) is 0 Å². The van der Waals surface area contributed by atoms with Crippen LogP contribution >= 0.6 is 24.0 Å². The first-order valence-corrected chi connectivity index (χ1v) is 9.91. The van der Waals surface area contributed by atoms with Crippen LogP contribution in [0.4, 0.5) is 0 Å². The number of hydrogen-bond acceptors (Lipinski definition) is 2. The van der Waals surface area contributed by atoms with Crippen LogP contribution in [0.25, 0.3) is 0 Å². The number of unbranched alkanes of at least 4 members (excludes halogenated alkanes) is 1. The largest absolute Gasteiger partial charge is 0.356 e. The fourth-order valence-corrected chi connectivity index (χ4v) is 4.36. The molecule has 0 radical (unpaired) electrons. The predicted molar refractivity (Wildman–Crippen MR) is 116 cm³/mol.